The molecule has 0 fully saturated rings. The molecule has 172 valence electrons. The quantitative estimate of drug-likeness (QED) is 0.314. The number of anilines is 1. The fourth-order valence-electron chi connectivity index (χ4n) is 4.45. The fraction of sp³-hybridized carbons (Fsp3) is 0.107. The Labute approximate surface area is 205 Å². The number of carbonyl (C=O) groups excluding carboxylic acids is 1. The molecule has 35 heavy (non-hydrogen) atoms. The number of rotatable bonds is 5. The molecule has 3 aromatic carbocycles. The second-order valence-corrected chi connectivity index (χ2v) is 9.29. The summed E-state index contributed by atoms with van der Waals surface area (Å²) in [7, 11) is 0. The number of thiazole rings is 1. The van der Waals surface area contributed by atoms with Crippen molar-refractivity contribution in [2.24, 2.45) is 0 Å². The Morgan fingerprint density at radius 1 is 1.03 bits per heavy atom. The molecule has 0 radical (unpaired) electrons. The predicted octanol–water partition coefficient (Wildman–Crippen LogP) is 5.89. The van der Waals surface area contributed by atoms with Crippen LogP contribution in [0.3, 0.4) is 0 Å². The molecule has 3 heterocycles. The van der Waals surface area contributed by atoms with Crippen LogP contribution in [0.1, 0.15) is 38.9 Å². The molecule has 6 nitrogen and oxygen atoms in total. The van der Waals surface area contributed by atoms with Crippen LogP contribution in [-0.2, 0) is 6.61 Å². The molecule has 0 N–H and O–H groups in total. The highest BCUT2D eigenvalue weighted by molar-refractivity contribution is 7.13. The average Bonchev–Trinajstić information content (AvgIpc) is 3.51. The van der Waals surface area contributed by atoms with Gasteiger partial charge in [0.2, 0.25) is 5.76 Å². The molecule has 1 unspecified atom stereocenters. The Balaban J connectivity index is 1.48. The number of amides is 1. The number of aromatic nitrogens is 1. The first-order valence-electron chi connectivity index (χ1n) is 11.2. The van der Waals surface area contributed by atoms with Gasteiger partial charge in [0.25, 0.3) is 5.91 Å². The summed E-state index contributed by atoms with van der Waals surface area (Å²) in [5, 5.41) is 2.76. The van der Waals surface area contributed by atoms with Gasteiger partial charge in [-0.1, -0.05) is 54.1 Å². The normalized spacial score (nSPS) is 14.9. The van der Waals surface area contributed by atoms with Gasteiger partial charge in [0.1, 0.15) is 17.9 Å². The van der Waals surface area contributed by atoms with E-state index in [0.29, 0.717) is 34.0 Å². The third kappa shape index (κ3) is 3.70. The lowest BCUT2D eigenvalue weighted by atomic mass is 9.98. The standard InChI is InChI=1S/C28H20N2O4S/c1-17-10-11-22-21(14-17)25(31)23-24(30(27(32)26(23)34-22)28-29-12-13-35-28)19-8-5-9-20(15-19)33-16-18-6-3-2-4-7-18/h2-15,24H,16H2,1H3. The first-order chi connectivity index (χ1) is 17.1. The largest absolute Gasteiger partial charge is 0.489 e. The Bertz CT molecular complexity index is 1610. The third-order valence-electron chi connectivity index (χ3n) is 6.07. The first kappa shape index (κ1) is 21.3. The Kier molecular flexibility index (Phi) is 5.19. The molecule has 1 aliphatic rings. The van der Waals surface area contributed by atoms with Gasteiger partial charge < -0.3 is 9.15 Å². The van der Waals surface area contributed by atoms with Crippen LogP contribution in [0.4, 0.5) is 5.13 Å². The van der Waals surface area contributed by atoms with E-state index in [1.54, 1.807) is 28.6 Å². The predicted molar refractivity (Wildman–Crippen MR) is 135 cm³/mol. The van der Waals surface area contributed by atoms with E-state index < -0.39 is 6.04 Å². The van der Waals surface area contributed by atoms with Crippen molar-refractivity contribution in [3.05, 3.63) is 123 Å². The van der Waals surface area contributed by atoms with E-state index in [-0.39, 0.29) is 17.1 Å². The molecule has 2 aromatic heterocycles. The highest BCUT2D eigenvalue weighted by atomic mass is 32.1. The third-order valence-corrected chi connectivity index (χ3v) is 6.84. The number of hydrogen-bond acceptors (Lipinski definition) is 6. The SMILES string of the molecule is Cc1ccc2oc3c(c(=O)c2c1)C(c1cccc(OCc2ccccc2)c1)N(c1nccs1)C3=O. The summed E-state index contributed by atoms with van der Waals surface area (Å²) in [4.78, 5) is 33.2. The lowest BCUT2D eigenvalue weighted by Gasteiger charge is -2.23. The molecule has 1 amide bonds. The topological polar surface area (TPSA) is 72.6 Å². The Hall–Kier alpha value is -4.23. The fourth-order valence-corrected chi connectivity index (χ4v) is 5.12. The van der Waals surface area contributed by atoms with Crippen molar-refractivity contribution in [3.63, 3.8) is 0 Å². The molecule has 1 aliphatic heterocycles. The number of nitrogens with zero attached hydrogens (tertiary/aromatic N) is 2. The van der Waals surface area contributed by atoms with Gasteiger partial charge in [-0.05, 0) is 42.3 Å². The van der Waals surface area contributed by atoms with E-state index in [1.807, 2.05) is 67.6 Å². The summed E-state index contributed by atoms with van der Waals surface area (Å²) in [6.07, 6.45) is 1.64. The number of hydrogen-bond donors (Lipinski definition) is 0. The molecular formula is C28H20N2O4S. The van der Waals surface area contributed by atoms with Crippen LogP contribution in [0.5, 0.6) is 5.75 Å². The van der Waals surface area contributed by atoms with E-state index in [2.05, 4.69) is 4.98 Å². The van der Waals surface area contributed by atoms with Gasteiger partial charge in [-0.3, -0.25) is 14.5 Å². The maximum Gasteiger partial charge on any atom is 0.297 e. The van der Waals surface area contributed by atoms with Gasteiger partial charge in [0.15, 0.2) is 10.6 Å². The smallest absolute Gasteiger partial charge is 0.297 e. The second kappa shape index (κ2) is 8.52. The molecule has 5 aromatic rings. The van der Waals surface area contributed by atoms with Crippen molar-refractivity contribution in [1.82, 2.24) is 4.98 Å². The average molecular weight is 481 g/mol. The van der Waals surface area contributed by atoms with Gasteiger partial charge in [-0.15, -0.1) is 11.3 Å². The molecular weight excluding hydrogens is 460 g/mol. The van der Waals surface area contributed by atoms with E-state index in [4.69, 9.17) is 9.15 Å². The molecule has 0 bridgehead atoms. The van der Waals surface area contributed by atoms with Crippen LogP contribution in [-0.4, -0.2) is 10.9 Å². The van der Waals surface area contributed by atoms with E-state index in [1.165, 1.54) is 11.3 Å². The van der Waals surface area contributed by atoms with Gasteiger partial charge >= 0.3 is 0 Å². The van der Waals surface area contributed by atoms with E-state index in [0.717, 1.165) is 16.7 Å². The van der Waals surface area contributed by atoms with E-state index in [9.17, 15) is 9.59 Å². The van der Waals surface area contributed by atoms with Gasteiger partial charge in [0, 0.05) is 11.6 Å². The Morgan fingerprint density at radius 3 is 2.69 bits per heavy atom. The van der Waals surface area contributed by atoms with Crippen molar-refractivity contribution >= 4 is 33.3 Å². The second-order valence-electron chi connectivity index (χ2n) is 8.41. The highest BCUT2D eigenvalue weighted by Crippen LogP contribution is 2.42. The summed E-state index contributed by atoms with van der Waals surface area (Å²) >= 11 is 1.34. The van der Waals surface area contributed by atoms with Crippen molar-refractivity contribution < 1.29 is 13.9 Å². The summed E-state index contributed by atoms with van der Waals surface area (Å²) in [6, 6.07) is 22.1. The molecule has 0 saturated carbocycles. The maximum absolute atomic E-state index is 13.7. The highest BCUT2D eigenvalue weighted by Gasteiger charge is 2.44. The zero-order valence-electron chi connectivity index (χ0n) is 18.8. The number of aryl methyl sites for hydroxylation is 1. The van der Waals surface area contributed by atoms with Crippen molar-refractivity contribution in [1.29, 1.82) is 0 Å². The number of benzene rings is 3. The number of carbonyl (C=O) groups is 1. The van der Waals surface area contributed by atoms with Crippen molar-refractivity contribution in [3.8, 4) is 5.75 Å². The maximum atomic E-state index is 13.7. The van der Waals surface area contributed by atoms with Crippen LogP contribution in [0.2, 0.25) is 0 Å². The van der Waals surface area contributed by atoms with Crippen LogP contribution in [0, 0.1) is 6.92 Å². The minimum absolute atomic E-state index is 0.0576. The summed E-state index contributed by atoms with van der Waals surface area (Å²) in [5.74, 6) is 0.324. The Morgan fingerprint density at radius 2 is 1.89 bits per heavy atom. The van der Waals surface area contributed by atoms with Gasteiger partial charge in [0.05, 0.1) is 17.0 Å². The minimum Gasteiger partial charge on any atom is -0.489 e. The minimum atomic E-state index is -0.676. The van der Waals surface area contributed by atoms with Crippen LogP contribution < -0.4 is 15.1 Å². The summed E-state index contributed by atoms with van der Waals surface area (Å²) in [5.41, 5.74) is 3.25. The molecule has 0 saturated heterocycles. The number of ether oxygens (including phenoxy) is 1. The van der Waals surface area contributed by atoms with Crippen LogP contribution >= 0.6 is 11.3 Å². The van der Waals surface area contributed by atoms with Gasteiger partial charge in [-0.2, -0.15) is 0 Å². The number of fused-ring (bicyclic) bond motifs is 2. The van der Waals surface area contributed by atoms with Crippen LogP contribution in [0.15, 0.2) is 93.6 Å². The van der Waals surface area contributed by atoms with E-state index >= 15 is 0 Å². The summed E-state index contributed by atoms with van der Waals surface area (Å²) in [6.45, 7) is 2.33. The van der Waals surface area contributed by atoms with Crippen molar-refractivity contribution in [2.45, 2.75) is 19.6 Å². The molecule has 0 aliphatic carbocycles. The molecule has 6 rings (SSSR count). The lowest BCUT2D eigenvalue weighted by Crippen LogP contribution is -2.29. The van der Waals surface area contributed by atoms with Gasteiger partial charge in [-0.25, -0.2) is 4.98 Å². The summed E-state index contributed by atoms with van der Waals surface area (Å²) < 4.78 is 12.1. The lowest BCUT2D eigenvalue weighted by molar-refractivity contribution is 0.0971. The molecule has 7 heteroatoms. The monoisotopic (exact) mass is 480 g/mol. The molecule has 1 atom stereocenters. The molecule has 0 spiro atoms. The van der Waals surface area contributed by atoms with Crippen LogP contribution in [0.25, 0.3) is 11.0 Å². The van der Waals surface area contributed by atoms with Crippen molar-refractivity contribution in [2.75, 3.05) is 4.90 Å². The zero-order chi connectivity index (χ0) is 23.9. The first-order valence-corrected chi connectivity index (χ1v) is 12.1. The zero-order valence-corrected chi connectivity index (χ0v) is 19.6.